The van der Waals surface area contributed by atoms with Crippen LogP contribution < -0.4 is 0 Å². The van der Waals surface area contributed by atoms with Crippen molar-refractivity contribution in [2.24, 2.45) is 5.92 Å². The van der Waals surface area contributed by atoms with Gasteiger partial charge in [0.2, 0.25) is 0 Å². The number of hydrogen-bond donors (Lipinski definition) is 0. The van der Waals surface area contributed by atoms with E-state index in [-0.39, 0.29) is 17.3 Å². The fourth-order valence-electron chi connectivity index (χ4n) is 1.62. The minimum atomic E-state index is -0.541. The second-order valence-corrected chi connectivity index (χ2v) is 4.56. The molecule has 0 saturated carbocycles. The van der Waals surface area contributed by atoms with Gasteiger partial charge in [0.1, 0.15) is 11.6 Å². The molecule has 1 atom stereocenters. The van der Waals surface area contributed by atoms with Gasteiger partial charge < -0.3 is 4.90 Å². The molecular weight excluding hydrogens is 236 g/mol. The van der Waals surface area contributed by atoms with Crippen molar-refractivity contribution in [2.45, 2.75) is 6.92 Å². The molecule has 0 aliphatic heterocycles. The van der Waals surface area contributed by atoms with Gasteiger partial charge in [-0.3, -0.25) is 4.79 Å². The zero-order chi connectivity index (χ0) is 13.7. The first-order valence-electron chi connectivity index (χ1n) is 5.72. The maximum atomic E-state index is 13.3. The summed E-state index contributed by atoms with van der Waals surface area (Å²) in [6.07, 6.45) is 2.61. The third-order valence-electron chi connectivity index (χ3n) is 2.51. The lowest BCUT2D eigenvalue weighted by atomic mass is 10.0. The smallest absolute Gasteiger partial charge is 0.159 e. The Kier molecular flexibility index (Phi) is 5.16. The van der Waals surface area contributed by atoms with Gasteiger partial charge in [-0.15, -0.1) is 0 Å². The molecule has 0 amide bonds. The molecule has 0 saturated heterocycles. The van der Waals surface area contributed by atoms with E-state index in [1.165, 1.54) is 12.2 Å². The van der Waals surface area contributed by atoms with Gasteiger partial charge >= 0.3 is 0 Å². The lowest BCUT2D eigenvalue weighted by Gasteiger charge is -2.13. The van der Waals surface area contributed by atoms with Gasteiger partial charge in [0, 0.05) is 18.0 Å². The SMILES string of the molecule is CC(CN(C)C)C(=O)/C=C/c1cc(F)ccc1F. The number of halogens is 2. The van der Waals surface area contributed by atoms with Crippen molar-refractivity contribution < 1.29 is 13.6 Å². The van der Waals surface area contributed by atoms with Crippen molar-refractivity contribution in [1.29, 1.82) is 0 Å². The van der Waals surface area contributed by atoms with Gasteiger partial charge in [0.05, 0.1) is 0 Å². The molecule has 98 valence electrons. The lowest BCUT2D eigenvalue weighted by Crippen LogP contribution is -2.24. The maximum Gasteiger partial charge on any atom is 0.159 e. The summed E-state index contributed by atoms with van der Waals surface area (Å²) >= 11 is 0. The largest absolute Gasteiger partial charge is 0.309 e. The predicted molar refractivity (Wildman–Crippen MR) is 68.1 cm³/mol. The molecule has 1 rings (SSSR count). The second kappa shape index (κ2) is 6.40. The van der Waals surface area contributed by atoms with E-state index in [0.717, 1.165) is 18.2 Å². The number of hydrogen-bond acceptors (Lipinski definition) is 2. The van der Waals surface area contributed by atoms with Crippen molar-refractivity contribution in [3.8, 4) is 0 Å². The van der Waals surface area contributed by atoms with Crippen molar-refractivity contribution in [1.82, 2.24) is 4.90 Å². The van der Waals surface area contributed by atoms with E-state index in [1.54, 1.807) is 6.92 Å². The van der Waals surface area contributed by atoms with Gasteiger partial charge in [-0.1, -0.05) is 6.92 Å². The summed E-state index contributed by atoms with van der Waals surface area (Å²) in [7, 11) is 3.75. The van der Waals surface area contributed by atoms with Gasteiger partial charge in [-0.2, -0.15) is 0 Å². The van der Waals surface area contributed by atoms with Crippen LogP contribution in [0.15, 0.2) is 24.3 Å². The van der Waals surface area contributed by atoms with Gasteiger partial charge in [-0.25, -0.2) is 8.78 Å². The fraction of sp³-hybridized carbons (Fsp3) is 0.357. The Balaban J connectivity index is 2.74. The summed E-state index contributed by atoms with van der Waals surface area (Å²) in [5.41, 5.74) is 0.0837. The first kappa shape index (κ1) is 14.5. The van der Waals surface area contributed by atoms with E-state index in [9.17, 15) is 13.6 Å². The van der Waals surface area contributed by atoms with Gasteiger partial charge in [-0.05, 0) is 44.4 Å². The number of carbonyl (C=O) groups is 1. The Morgan fingerprint density at radius 2 is 2.06 bits per heavy atom. The van der Waals surface area contributed by atoms with Crippen LogP contribution >= 0.6 is 0 Å². The summed E-state index contributed by atoms with van der Waals surface area (Å²) in [6.45, 7) is 2.42. The first-order chi connectivity index (χ1) is 8.40. The van der Waals surface area contributed by atoms with Crippen LogP contribution in [0, 0.1) is 17.6 Å². The number of nitrogens with zero attached hydrogens (tertiary/aromatic N) is 1. The Bertz CT molecular complexity index is 455. The zero-order valence-corrected chi connectivity index (χ0v) is 10.8. The van der Waals surface area contributed by atoms with Crippen LogP contribution in [0.2, 0.25) is 0 Å². The molecule has 0 spiro atoms. The maximum absolute atomic E-state index is 13.3. The molecule has 0 heterocycles. The standard InChI is InChI=1S/C14H17F2NO/c1-10(9-17(2)3)14(18)7-4-11-8-12(15)5-6-13(11)16/h4-8,10H,9H2,1-3H3/b7-4+. The predicted octanol–water partition coefficient (Wildman–Crippen LogP) is 2.74. The third-order valence-corrected chi connectivity index (χ3v) is 2.51. The molecule has 0 N–H and O–H groups in total. The quantitative estimate of drug-likeness (QED) is 0.752. The Morgan fingerprint density at radius 1 is 1.39 bits per heavy atom. The second-order valence-electron chi connectivity index (χ2n) is 4.56. The van der Waals surface area contributed by atoms with E-state index in [4.69, 9.17) is 0 Å². The summed E-state index contributed by atoms with van der Waals surface area (Å²) < 4.78 is 26.2. The minimum Gasteiger partial charge on any atom is -0.309 e. The van der Waals surface area contributed by atoms with Crippen LogP contribution in [-0.4, -0.2) is 31.3 Å². The summed E-state index contributed by atoms with van der Waals surface area (Å²) in [5.74, 6) is -1.34. The third kappa shape index (κ3) is 4.37. The van der Waals surface area contributed by atoms with E-state index in [0.29, 0.717) is 6.54 Å². The normalized spacial score (nSPS) is 13.2. The van der Waals surface area contributed by atoms with Crippen LogP contribution in [0.4, 0.5) is 8.78 Å². The highest BCUT2D eigenvalue weighted by Crippen LogP contribution is 2.12. The van der Waals surface area contributed by atoms with E-state index < -0.39 is 11.6 Å². The van der Waals surface area contributed by atoms with Crippen LogP contribution in [-0.2, 0) is 4.79 Å². The lowest BCUT2D eigenvalue weighted by molar-refractivity contribution is -0.118. The minimum absolute atomic E-state index is 0.0837. The highest BCUT2D eigenvalue weighted by molar-refractivity contribution is 5.95. The monoisotopic (exact) mass is 253 g/mol. The number of ketones is 1. The molecule has 0 aliphatic carbocycles. The number of allylic oxidation sites excluding steroid dienone is 1. The highest BCUT2D eigenvalue weighted by Gasteiger charge is 2.10. The van der Waals surface area contributed by atoms with E-state index >= 15 is 0 Å². The highest BCUT2D eigenvalue weighted by atomic mass is 19.1. The van der Waals surface area contributed by atoms with Gasteiger partial charge in [0.15, 0.2) is 5.78 Å². The molecule has 0 fully saturated rings. The number of carbonyl (C=O) groups excluding carboxylic acids is 1. The van der Waals surface area contributed by atoms with Crippen LogP contribution in [0.1, 0.15) is 12.5 Å². The van der Waals surface area contributed by atoms with Crippen LogP contribution in [0.25, 0.3) is 6.08 Å². The Hall–Kier alpha value is -1.55. The molecule has 0 aliphatic rings. The van der Waals surface area contributed by atoms with Crippen molar-refractivity contribution >= 4 is 11.9 Å². The summed E-state index contributed by atoms with van der Waals surface area (Å²) in [4.78, 5) is 13.6. The van der Waals surface area contributed by atoms with Crippen molar-refractivity contribution in [2.75, 3.05) is 20.6 Å². The molecule has 18 heavy (non-hydrogen) atoms. The Labute approximate surface area is 106 Å². The van der Waals surface area contributed by atoms with Crippen LogP contribution in [0.5, 0.6) is 0 Å². The summed E-state index contributed by atoms with van der Waals surface area (Å²) in [6, 6.07) is 3.15. The molecule has 1 unspecified atom stereocenters. The average molecular weight is 253 g/mol. The summed E-state index contributed by atoms with van der Waals surface area (Å²) in [5, 5.41) is 0. The molecule has 0 bridgehead atoms. The first-order valence-corrected chi connectivity index (χ1v) is 5.72. The topological polar surface area (TPSA) is 20.3 Å². The molecule has 0 radical (unpaired) electrons. The molecule has 1 aromatic carbocycles. The number of rotatable bonds is 5. The average Bonchev–Trinajstić information content (AvgIpc) is 2.29. The van der Waals surface area contributed by atoms with Crippen LogP contribution in [0.3, 0.4) is 0 Å². The molecule has 1 aromatic rings. The molecule has 4 heteroatoms. The van der Waals surface area contributed by atoms with E-state index in [1.807, 2.05) is 19.0 Å². The van der Waals surface area contributed by atoms with Crippen molar-refractivity contribution in [3.05, 3.63) is 41.5 Å². The molecule has 0 aromatic heterocycles. The zero-order valence-electron chi connectivity index (χ0n) is 10.8. The van der Waals surface area contributed by atoms with E-state index in [2.05, 4.69) is 0 Å². The van der Waals surface area contributed by atoms with Gasteiger partial charge in [0.25, 0.3) is 0 Å². The van der Waals surface area contributed by atoms with Crippen molar-refractivity contribution in [3.63, 3.8) is 0 Å². The fourth-order valence-corrected chi connectivity index (χ4v) is 1.62. The number of benzene rings is 1. The molecular formula is C14H17F2NO. The molecule has 2 nitrogen and oxygen atoms in total. The Morgan fingerprint density at radius 3 is 2.67 bits per heavy atom.